The van der Waals surface area contributed by atoms with E-state index in [1.807, 2.05) is 5.32 Å². The SMILES string of the molecule is CC1(C)C(=O)NC(=O)N1N=O. The van der Waals surface area contributed by atoms with Crippen LogP contribution in [0.1, 0.15) is 13.8 Å². The van der Waals surface area contributed by atoms with Crippen LogP contribution >= 0.6 is 0 Å². The first-order chi connectivity index (χ1) is 5.00. The molecule has 60 valence electrons. The Kier molecular flexibility index (Phi) is 1.40. The summed E-state index contributed by atoms with van der Waals surface area (Å²) in [5, 5.41) is 4.96. The molecule has 1 saturated heterocycles. The summed E-state index contributed by atoms with van der Waals surface area (Å²) in [7, 11) is 0. The van der Waals surface area contributed by atoms with Crippen LogP contribution < -0.4 is 5.32 Å². The van der Waals surface area contributed by atoms with E-state index in [0.29, 0.717) is 5.01 Å². The molecule has 1 N–H and O–H groups in total. The van der Waals surface area contributed by atoms with E-state index in [0.717, 1.165) is 0 Å². The van der Waals surface area contributed by atoms with Gasteiger partial charge in [0.1, 0.15) is 5.54 Å². The molecule has 0 aliphatic carbocycles. The molecule has 0 radical (unpaired) electrons. The number of rotatable bonds is 1. The highest BCUT2D eigenvalue weighted by Gasteiger charge is 2.47. The maximum Gasteiger partial charge on any atom is 0.348 e. The Bertz CT molecular complexity index is 235. The van der Waals surface area contributed by atoms with Gasteiger partial charge in [0.05, 0.1) is 5.29 Å². The molecule has 0 aromatic rings. The van der Waals surface area contributed by atoms with E-state index in [4.69, 9.17) is 0 Å². The predicted molar refractivity (Wildman–Crippen MR) is 35.3 cm³/mol. The van der Waals surface area contributed by atoms with E-state index < -0.39 is 17.5 Å². The van der Waals surface area contributed by atoms with Crippen LogP contribution in [0.25, 0.3) is 0 Å². The predicted octanol–water partition coefficient (Wildman–Crippen LogP) is -0.00180. The highest BCUT2D eigenvalue weighted by molar-refractivity contribution is 6.06. The lowest BCUT2D eigenvalue weighted by molar-refractivity contribution is -0.125. The molecule has 0 atom stereocenters. The molecular formula is C5H7N3O3. The Hall–Kier alpha value is -1.46. The minimum atomic E-state index is -1.15. The van der Waals surface area contributed by atoms with Gasteiger partial charge in [-0.3, -0.25) is 10.1 Å². The minimum Gasteiger partial charge on any atom is -0.274 e. The highest BCUT2D eigenvalue weighted by atomic mass is 16.3. The van der Waals surface area contributed by atoms with E-state index in [1.165, 1.54) is 13.8 Å². The third kappa shape index (κ3) is 0.866. The Labute approximate surface area is 62.5 Å². The maximum absolute atomic E-state index is 10.9. The van der Waals surface area contributed by atoms with Crippen LogP contribution in [0.2, 0.25) is 0 Å². The monoisotopic (exact) mass is 157 g/mol. The van der Waals surface area contributed by atoms with Gasteiger partial charge < -0.3 is 0 Å². The average Bonchev–Trinajstić information content (AvgIpc) is 2.04. The fourth-order valence-corrected chi connectivity index (χ4v) is 0.792. The number of nitrogens with zero attached hydrogens (tertiary/aromatic N) is 2. The molecule has 1 heterocycles. The summed E-state index contributed by atoms with van der Waals surface area (Å²) < 4.78 is 0. The molecule has 0 aromatic heterocycles. The third-order valence-electron chi connectivity index (χ3n) is 1.58. The number of amides is 3. The number of carbonyl (C=O) groups is 2. The number of nitroso groups, excluding NO2 is 1. The molecule has 6 heteroatoms. The van der Waals surface area contributed by atoms with Crippen LogP contribution in [0, 0.1) is 4.91 Å². The lowest BCUT2D eigenvalue weighted by Gasteiger charge is -2.18. The van der Waals surface area contributed by atoms with Crippen molar-refractivity contribution in [3.05, 3.63) is 4.91 Å². The van der Waals surface area contributed by atoms with Crippen LogP contribution in [-0.2, 0) is 4.79 Å². The highest BCUT2D eigenvalue weighted by Crippen LogP contribution is 2.20. The average molecular weight is 157 g/mol. The van der Waals surface area contributed by atoms with Crippen molar-refractivity contribution in [1.29, 1.82) is 0 Å². The van der Waals surface area contributed by atoms with Crippen molar-refractivity contribution in [2.24, 2.45) is 5.29 Å². The van der Waals surface area contributed by atoms with Gasteiger partial charge in [0.15, 0.2) is 0 Å². The van der Waals surface area contributed by atoms with E-state index in [9.17, 15) is 14.5 Å². The lowest BCUT2D eigenvalue weighted by atomic mass is 10.1. The molecule has 0 bridgehead atoms. The van der Waals surface area contributed by atoms with Crippen molar-refractivity contribution in [3.8, 4) is 0 Å². The number of carbonyl (C=O) groups excluding carboxylic acids is 2. The van der Waals surface area contributed by atoms with Gasteiger partial charge in [0, 0.05) is 0 Å². The zero-order valence-electron chi connectivity index (χ0n) is 6.12. The number of imide groups is 1. The van der Waals surface area contributed by atoms with Crippen molar-refractivity contribution in [3.63, 3.8) is 0 Å². The van der Waals surface area contributed by atoms with Crippen molar-refractivity contribution < 1.29 is 9.59 Å². The fraction of sp³-hybridized carbons (Fsp3) is 0.600. The molecule has 1 rings (SSSR count). The molecule has 1 aliphatic rings. The molecule has 1 fully saturated rings. The standard InChI is InChI=1S/C5H7N3O3/c1-5(2)3(9)6-4(10)8(5)7-11/h1-2H3,(H,6,9,10). The molecule has 6 nitrogen and oxygen atoms in total. The topological polar surface area (TPSA) is 78.8 Å². The Balaban J connectivity index is 3.02. The van der Waals surface area contributed by atoms with Crippen LogP contribution in [0.4, 0.5) is 4.79 Å². The molecule has 3 amide bonds. The van der Waals surface area contributed by atoms with Gasteiger partial charge in [-0.1, -0.05) is 0 Å². The summed E-state index contributed by atoms with van der Waals surface area (Å²) in [5.74, 6) is -0.512. The van der Waals surface area contributed by atoms with Gasteiger partial charge in [0.25, 0.3) is 5.91 Å². The zero-order valence-corrected chi connectivity index (χ0v) is 6.12. The Morgan fingerprint density at radius 3 is 2.18 bits per heavy atom. The second-order valence-corrected chi connectivity index (χ2v) is 2.71. The molecule has 1 aliphatic heterocycles. The largest absolute Gasteiger partial charge is 0.348 e. The van der Waals surface area contributed by atoms with Gasteiger partial charge in [-0.25, -0.2) is 4.79 Å². The fourth-order valence-electron chi connectivity index (χ4n) is 0.792. The first-order valence-corrected chi connectivity index (χ1v) is 2.99. The summed E-state index contributed by atoms with van der Waals surface area (Å²) in [6, 6.07) is -0.769. The maximum atomic E-state index is 10.9. The van der Waals surface area contributed by atoms with Gasteiger partial charge in [0.2, 0.25) is 0 Å². The zero-order chi connectivity index (χ0) is 8.65. The molecule has 0 saturated carbocycles. The second-order valence-electron chi connectivity index (χ2n) is 2.71. The van der Waals surface area contributed by atoms with Gasteiger partial charge in [-0.05, 0) is 13.8 Å². The van der Waals surface area contributed by atoms with Gasteiger partial charge >= 0.3 is 6.03 Å². The van der Waals surface area contributed by atoms with Crippen molar-refractivity contribution in [2.45, 2.75) is 19.4 Å². The lowest BCUT2D eigenvalue weighted by Crippen LogP contribution is -2.40. The van der Waals surface area contributed by atoms with E-state index in [-0.39, 0.29) is 0 Å². The van der Waals surface area contributed by atoms with E-state index in [1.54, 1.807) is 0 Å². The minimum absolute atomic E-state index is 0.512. The molecule has 0 aromatic carbocycles. The summed E-state index contributed by atoms with van der Waals surface area (Å²) in [6.07, 6.45) is 0. The number of hydrogen-bond acceptors (Lipinski definition) is 4. The van der Waals surface area contributed by atoms with Crippen LogP contribution in [0.5, 0.6) is 0 Å². The van der Waals surface area contributed by atoms with E-state index >= 15 is 0 Å². The molecule has 0 unspecified atom stereocenters. The quantitative estimate of drug-likeness (QED) is 0.429. The van der Waals surface area contributed by atoms with Crippen molar-refractivity contribution >= 4 is 11.9 Å². The molecular weight excluding hydrogens is 150 g/mol. The van der Waals surface area contributed by atoms with Crippen LogP contribution in [0.3, 0.4) is 0 Å². The van der Waals surface area contributed by atoms with Crippen LogP contribution in [0.15, 0.2) is 5.29 Å². The second kappa shape index (κ2) is 2.01. The van der Waals surface area contributed by atoms with Crippen molar-refractivity contribution in [2.75, 3.05) is 0 Å². The summed E-state index contributed by atoms with van der Waals surface area (Å²) >= 11 is 0. The smallest absolute Gasteiger partial charge is 0.274 e. The van der Waals surface area contributed by atoms with Crippen molar-refractivity contribution in [1.82, 2.24) is 10.3 Å². The molecule has 11 heavy (non-hydrogen) atoms. The Morgan fingerprint density at radius 2 is 2.00 bits per heavy atom. The Morgan fingerprint density at radius 1 is 1.45 bits per heavy atom. The summed E-state index contributed by atoms with van der Waals surface area (Å²) in [4.78, 5) is 31.7. The van der Waals surface area contributed by atoms with Gasteiger partial charge in [-0.15, -0.1) is 4.91 Å². The third-order valence-corrected chi connectivity index (χ3v) is 1.58. The number of nitrogens with one attached hydrogen (secondary N) is 1. The van der Waals surface area contributed by atoms with Gasteiger partial charge in [-0.2, -0.15) is 5.01 Å². The molecule has 0 spiro atoms. The number of hydrogen-bond donors (Lipinski definition) is 1. The van der Waals surface area contributed by atoms with E-state index in [2.05, 4.69) is 5.29 Å². The normalized spacial score (nSPS) is 21.8. The summed E-state index contributed by atoms with van der Waals surface area (Å²) in [6.45, 7) is 2.88. The van der Waals surface area contributed by atoms with Crippen LogP contribution in [-0.4, -0.2) is 22.5 Å². The summed E-state index contributed by atoms with van der Waals surface area (Å²) in [5.41, 5.74) is -1.15. The number of urea groups is 1. The first-order valence-electron chi connectivity index (χ1n) is 2.99. The first kappa shape index (κ1) is 7.64.